The van der Waals surface area contributed by atoms with Gasteiger partial charge in [0.1, 0.15) is 5.82 Å². The van der Waals surface area contributed by atoms with E-state index in [9.17, 15) is 9.18 Å². The molecule has 0 heterocycles. The van der Waals surface area contributed by atoms with Gasteiger partial charge in [0.2, 0.25) is 5.91 Å². The van der Waals surface area contributed by atoms with Crippen molar-refractivity contribution in [3.63, 3.8) is 0 Å². The maximum atomic E-state index is 13.8. The molecule has 3 nitrogen and oxygen atoms in total. The number of benzene rings is 2. The molecule has 24 heavy (non-hydrogen) atoms. The van der Waals surface area contributed by atoms with E-state index in [0.29, 0.717) is 6.54 Å². The zero-order chi connectivity index (χ0) is 17.2. The molecule has 1 amide bonds. The molecule has 3 rings (SSSR count). The van der Waals surface area contributed by atoms with Gasteiger partial charge in [-0.1, -0.05) is 41.9 Å². The minimum absolute atomic E-state index is 0.0851. The first-order chi connectivity index (χ1) is 11.5. The number of fused-ring (bicyclic) bond motifs is 1. The van der Waals surface area contributed by atoms with Crippen molar-refractivity contribution in [3.05, 3.63) is 70.0 Å². The lowest BCUT2D eigenvalue weighted by Gasteiger charge is -2.27. The van der Waals surface area contributed by atoms with Gasteiger partial charge in [-0.05, 0) is 23.3 Å². The third kappa shape index (κ3) is 3.45. The molecule has 5 heteroatoms. The smallest absolute Gasteiger partial charge is 0.224 e. The van der Waals surface area contributed by atoms with Crippen LogP contribution in [0.5, 0.6) is 0 Å². The van der Waals surface area contributed by atoms with Gasteiger partial charge in [0.25, 0.3) is 0 Å². The van der Waals surface area contributed by atoms with E-state index in [2.05, 4.69) is 17.4 Å². The molecule has 0 saturated heterocycles. The third-order valence-electron chi connectivity index (χ3n) is 4.58. The molecule has 0 unspecified atom stereocenters. The summed E-state index contributed by atoms with van der Waals surface area (Å²) in [5.41, 5.74) is 2.26. The van der Waals surface area contributed by atoms with Gasteiger partial charge >= 0.3 is 0 Å². The molecule has 0 bridgehead atoms. The Kier molecular flexibility index (Phi) is 4.88. The van der Waals surface area contributed by atoms with E-state index in [1.54, 1.807) is 13.2 Å². The molecule has 0 atom stereocenters. The fourth-order valence-electron chi connectivity index (χ4n) is 3.18. The highest BCUT2D eigenvalue weighted by atomic mass is 35.5. The summed E-state index contributed by atoms with van der Waals surface area (Å²) >= 11 is 5.97. The van der Waals surface area contributed by atoms with Crippen molar-refractivity contribution in [1.82, 2.24) is 5.32 Å². The number of carbonyl (C=O) groups excluding carboxylic acids is 1. The molecule has 1 N–H and O–H groups in total. The van der Waals surface area contributed by atoms with Gasteiger partial charge in [-0.25, -0.2) is 4.39 Å². The van der Waals surface area contributed by atoms with Crippen LogP contribution >= 0.6 is 11.6 Å². The number of hydrogen-bond acceptors (Lipinski definition) is 2. The van der Waals surface area contributed by atoms with Crippen LogP contribution < -0.4 is 5.32 Å². The monoisotopic (exact) mass is 347 g/mol. The number of rotatable bonds is 5. The molecule has 1 aliphatic carbocycles. The Bertz CT molecular complexity index is 718. The lowest BCUT2D eigenvalue weighted by molar-refractivity contribution is -0.122. The fourth-order valence-corrected chi connectivity index (χ4v) is 3.41. The SMILES string of the molecule is COC1(CNC(=O)Cc2c(F)cccc2Cl)Cc2ccccc2C1. The van der Waals surface area contributed by atoms with E-state index in [1.165, 1.54) is 23.3 Å². The molecule has 0 aromatic heterocycles. The quantitative estimate of drug-likeness (QED) is 0.901. The number of methoxy groups -OCH3 is 1. The molecule has 1 aliphatic rings. The number of halogens is 2. The van der Waals surface area contributed by atoms with Crippen molar-refractivity contribution < 1.29 is 13.9 Å². The average molecular weight is 348 g/mol. The van der Waals surface area contributed by atoms with Gasteiger partial charge in [0.05, 0.1) is 12.0 Å². The second-order valence-corrected chi connectivity index (χ2v) is 6.57. The molecular weight excluding hydrogens is 329 g/mol. The van der Waals surface area contributed by atoms with Crippen molar-refractivity contribution in [2.24, 2.45) is 0 Å². The predicted octanol–water partition coefficient (Wildman–Crippen LogP) is 3.32. The van der Waals surface area contributed by atoms with Gasteiger partial charge in [-0.2, -0.15) is 0 Å². The number of carbonyl (C=O) groups is 1. The number of ether oxygens (including phenoxy) is 1. The average Bonchev–Trinajstić information content (AvgIpc) is 2.96. The summed E-state index contributed by atoms with van der Waals surface area (Å²) in [7, 11) is 1.66. The number of amides is 1. The Morgan fingerprint density at radius 3 is 2.46 bits per heavy atom. The topological polar surface area (TPSA) is 38.3 Å². The largest absolute Gasteiger partial charge is 0.376 e. The van der Waals surface area contributed by atoms with Gasteiger partial charge in [-0.15, -0.1) is 0 Å². The van der Waals surface area contributed by atoms with E-state index in [1.807, 2.05) is 12.1 Å². The standard InChI is InChI=1S/C19H19ClFNO2/c1-24-19(10-13-5-2-3-6-14(13)11-19)12-22-18(23)9-15-16(20)7-4-8-17(15)21/h2-8H,9-12H2,1H3,(H,22,23). The minimum atomic E-state index is -0.465. The second kappa shape index (κ2) is 6.91. The molecule has 126 valence electrons. The number of hydrogen-bond donors (Lipinski definition) is 1. The lowest BCUT2D eigenvalue weighted by atomic mass is 10.00. The number of nitrogens with one attached hydrogen (secondary N) is 1. The predicted molar refractivity (Wildman–Crippen MR) is 91.7 cm³/mol. The molecule has 2 aromatic rings. The summed E-state index contributed by atoms with van der Waals surface area (Å²) < 4.78 is 19.5. The molecule has 0 saturated carbocycles. The van der Waals surface area contributed by atoms with Crippen molar-refractivity contribution in [2.75, 3.05) is 13.7 Å². The van der Waals surface area contributed by atoms with Crippen LogP contribution in [0.1, 0.15) is 16.7 Å². The summed E-state index contributed by atoms with van der Waals surface area (Å²) in [6.45, 7) is 0.378. The van der Waals surface area contributed by atoms with Crippen LogP contribution in [0, 0.1) is 5.82 Å². The first-order valence-corrected chi connectivity index (χ1v) is 8.22. The normalized spacial score (nSPS) is 15.1. The Morgan fingerprint density at radius 2 is 1.88 bits per heavy atom. The highest BCUT2D eigenvalue weighted by molar-refractivity contribution is 6.31. The van der Waals surface area contributed by atoms with Gasteiger partial charge in [-0.3, -0.25) is 4.79 Å². The summed E-state index contributed by atoms with van der Waals surface area (Å²) in [6, 6.07) is 12.6. The van der Waals surface area contributed by atoms with Crippen molar-refractivity contribution in [1.29, 1.82) is 0 Å². The van der Waals surface area contributed by atoms with Gasteiger partial charge in [0, 0.05) is 37.1 Å². The van der Waals surface area contributed by atoms with Crippen LogP contribution in [0.4, 0.5) is 4.39 Å². The molecule has 2 aromatic carbocycles. The second-order valence-electron chi connectivity index (χ2n) is 6.16. The Labute approximate surface area is 145 Å². The van der Waals surface area contributed by atoms with Crippen LogP contribution in [0.2, 0.25) is 5.02 Å². The molecule has 0 spiro atoms. The van der Waals surface area contributed by atoms with Crippen molar-refractivity contribution in [2.45, 2.75) is 24.9 Å². The van der Waals surface area contributed by atoms with Crippen molar-refractivity contribution >= 4 is 17.5 Å². The van der Waals surface area contributed by atoms with Crippen LogP contribution in [0.25, 0.3) is 0 Å². The summed E-state index contributed by atoms with van der Waals surface area (Å²) in [4.78, 5) is 12.2. The zero-order valence-electron chi connectivity index (χ0n) is 13.4. The van der Waals surface area contributed by atoms with Crippen LogP contribution in [0.3, 0.4) is 0 Å². The fraction of sp³-hybridized carbons (Fsp3) is 0.316. The Hall–Kier alpha value is -1.91. The minimum Gasteiger partial charge on any atom is -0.376 e. The van der Waals surface area contributed by atoms with E-state index in [4.69, 9.17) is 16.3 Å². The maximum Gasteiger partial charge on any atom is 0.224 e. The highest BCUT2D eigenvalue weighted by Crippen LogP contribution is 2.32. The molecule has 0 fully saturated rings. The van der Waals surface area contributed by atoms with Crippen molar-refractivity contribution in [3.8, 4) is 0 Å². The summed E-state index contributed by atoms with van der Waals surface area (Å²) in [5.74, 6) is -0.734. The van der Waals surface area contributed by atoms with Crippen LogP contribution in [0.15, 0.2) is 42.5 Å². The highest BCUT2D eigenvalue weighted by Gasteiger charge is 2.37. The Morgan fingerprint density at radius 1 is 1.21 bits per heavy atom. The van der Waals surface area contributed by atoms with E-state index in [0.717, 1.165) is 12.8 Å². The van der Waals surface area contributed by atoms with E-state index in [-0.39, 0.29) is 22.9 Å². The summed E-state index contributed by atoms with van der Waals surface area (Å²) in [6.07, 6.45) is 1.42. The molecular formula is C19H19ClFNO2. The van der Waals surface area contributed by atoms with E-state index >= 15 is 0 Å². The first-order valence-electron chi connectivity index (χ1n) is 7.84. The Balaban J connectivity index is 1.64. The lowest BCUT2D eigenvalue weighted by Crippen LogP contribution is -2.45. The van der Waals surface area contributed by atoms with Gasteiger partial charge in [0.15, 0.2) is 0 Å². The van der Waals surface area contributed by atoms with Crippen LogP contribution in [-0.4, -0.2) is 25.2 Å². The summed E-state index contributed by atoms with van der Waals surface area (Å²) in [5, 5.41) is 3.13. The van der Waals surface area contributed by atoms with Gasteiger partial charge < -0.3 is 10.1 Å². The molecule has 0 radical (unpaired) electrons. The first kappa shape index (κ1) is 16.9. The van der Waals surface area contributed by atoms with Crippen LogP contribution in [-0.2, 0) is 28.8 Å². The molecule has 0 aliphatic heterocycles. The zero-order valence-corrected chi connectivity index (χ0v) is 14.2. The third-order valence-corrected chi connectivity index (χ3v) is 4.94. The maximum absolute atomic E-state index is 13.8. The van der Waals surface area contributed by atoms with E-state index < -0.39 is 11.4 Å².